The molecule has 8 heteroatoms. The fourth-order valence-electron chi connectivity index (χ4n) is 1.51. The highest BCUT2D eigenvalue weighted by atomic mass is 32.1. The minimum absolute atomic E-state index is 0.0764. The molecular weight excluding hydrogens is 283 g/mol. The third-order valence-electron chi connectivity index (χ3n) is 2.41. The second-order valence-electron chi connectivity index (χ2n) is 3.64. The molecule has 0 atom stereocenters. The number of carbonyl (C=O) groups is 1. The molecule has 0 radical (unpaired) electrons. The van der Waals surface area contributed by atoms with Crippen molar-refractivity contribution in [3.63, 3.8) is 0 Å². The van der Waals surface area contributed by atoms with E-state index in [1.807, 2.05) is 0 Å². The Morgan fingerprint density at radius 3 is 2.63 bits per heavy atom. The lowest BCUT2D eigenvalue weighted by Gasteiger charge is -2.01. The van der Waals surface area contributed by atoms with Crippen molar-refractivity contribution in [1.82, 2.24) is 5.16 Å². The van der Waals surface area contributed by atoms with Crippen molar-refractivity contribution in [1.29, 1.82) is 0 Å². The first-order valence-corrected chi connectivity index (χ1v) is 5.88. The van der Waals surface area contributed by atoms with Crippen LogP contribution in [0.15, 0.2) is 16.7 Å². The number of thiophene rings is 1. The third-order valence-corrected chi connectivity index (χ3v) is 3.48. The molecule has 0 amide bonds. The Labute approximate surface area is 109 Å². The molecule has 0 unspecified atom stereocenters. The summed E-state index contributed by atoms with van der Waals surface area (Å²) in [5, 5.41) is 3.41. The third kappa shape index (κ3) is 2.48. The second kappa shape index (κ2) is 4.69. The van der Waals surface area contributed by atoms with E-state index in [1.54, 1.807) is 0 Å². The van der Waals surface area contributed by atoms with Gasteiger partial charge in [0, 0.05) is 5.56 Å². The van der Waals surface area contributed by atoms with Crippen LogP contribution in [0.3, 0.4) is 0 Å². The Bertz CT molecular complexity index is 615. The van der Waals surface area contributed by atoms with Crippen molar-refractivity contribution in [3.05, 3.63) is 28.3 Å². The topological polar surface area (TPSA) is 52.3 Å². The summed E-state index contributed by atoms with van der Waals surface area (Å²) in [6.45, 7) is 1.27. The average molecular weight is 291 g/mol. The molecule has 0 saturated heterocycles. The number of halogens is 3. The Kier molecular flexibility index (Phi) is 3.36. The zero-order chi connectivity index (χ0) is 14.2. The van der Waals surface area contributed by atoms with Crippen LogP contribution in [-0.2, 0) is 10.9 Å². The summed E-state index contributed by atoms with van der Waals surface area (Å²) < 4.78 is 46.5. The molecule has 4 nitrogen and oxygen atoms in total. The number of carbonyl (C=O) groups excluding carboxylic acids is 1. The van der Waals surface area contributed by atoms with Crippen LogP contribution in [0, 0.1) is 6.92 Å². The summed E-state index contributed by atoms with van der Waals surface area (Å²) in [6, 6.07) is 2.97. The normalized spacial score (nSPS) is 11.6. The number of nitrogens with zero attached hydrogens (tertiary/aromatic N) is 1. The van der Waals surface area contributed by atoms with Crippen molar-refractivity contribution in [2.75, 3.05) is 7.11 Å². The van der Waals surface area contributed by atoms with E-state index >= 15 is 0 Å². The maximum Gasteiger partial charge on any atom is 0.452 e. The first-order valence-electron chi connectivity index (χ1n) is 5.06. The average Bonchev–Trinajstić information content (AvgIpc) is 2.93. The van der Waals surface area contributed by atoms with Gasteiger partial charge in [0.1, 0.15) is 10.6 Å². The van der Waals surface area contributed by atoms with Gasteiger partial charge in [-0.25, -0.2) is 4.79 Å². The number of alkyl halides is 3. The molecule has 2 aromatic heterocycles. The summed E-state index contributed by atoms with van der Waals surface area (Å²) >= 11 is 0.992. The number of rotatable bonds is 2. The van der Waals surface area contributed by atoms with Gasteiger partial charge in [-0.05, 0) is 19.1 Å². The number of ether oxygens (including phenoxy) is 1. The van der Waals surface area contributed by atoms with E-state index in [0.717, 1.165) is 11.3 Å². The highest BCUT2D eigenvalue weighted by Gasteiger charge is 2.39. The predicted octanol–water partition coefficient (Wildman–Crippen LogP) is 3.52. The van der Waals surface area contributed by atoms with Crippen LogP contribution in [0.4, 0.5) is 13.2 Å². The summed E-state index contributed by atoms with van der Waals surface area (Å²) in [6.07, 6.45) is -4.59. The Morgan fingerprint density at radius 2 is 2.11 bits per heavy atom. The lowest BCUT2D eigenvalue weighted by atomic mass is 10.2. The Morgan fingerprint density at radius 1 is 1.42 bits per heavy atom. The van der Waals surface area contributed by atoms with Gasteiger partial charge in [-0.15, -0.1) is 11.3 Å². The molecule has 0 aliphatic heterocycles. The Balaban J connectivity index is 2.41. The molecule has 0 aliphatic rings. The largest absolute Gasteiger partial charge is 0.465 e. The summed E-state index contributed by atoms with van der Waals surface area (Å²) in [5.74, 6) is -1.68. The van der Waals surface area contributed by atoms with Gasteiger partial charge < -0.3 is 9.26 Å². The quantitative estimate of drug-likeness (QED) is 0.794. The molecule has 0 saturated carbocycles. The van der Waals surface area contributed by atoms with Crippen molar-refractivity contribution >= 4 is 17.3 Å². The predicted molar refractivity (Wildman–Crippen MR) is 60.9 cm³/mol. The van der Waals surface area contributed by atoms with E-state index in [4.69, 9.17) is 0 Å². The van der Waals surface area contributed by atoms with Crippen LogP contribution >= 0.6 is 11.3 Å². The van der Waals surface area contributed by atoms with Gasteiger partial charge in [0.15, 0.2) is 0 Å². The first kappa shape index (κ1) is 13.6. The first-order chi connectivity index (χ1) is 8.84. The lowest BCUT2D eigenvalue weighted by Crippen LogP contribution is -2.04. The molecule has 0 spiro atoms. The molecule has 0 N–H and O–H groups in total. The van der Waals surface area contributed by atoms with Crippen LogP contribution in [0.5, 0.6) is 0 Å². The molecule has 0 aliphatic carbocycles. The van der Waals surface area contributed by atoms with Crippen molar-refractivity contribution < 1.29 is 27.2 Å². The molecule has 0 fully saturated rings. The van der Waals surface area contributed by atoms with Gasteiger partial charge in [0.25, 0.3) is 0 Å². The lowest BCUT2D eigenvalue weighted by molar-refractivity contribution is -0.156. The minimum atomic E-state index is -4.59. The molecule has 2 aromatic rings. The summed E-state index contributed by atoms with van der Waals surface area (Å²) in [5.41, 5.74) is -0.0294. The maximum absolute atomic E-state index is 12.6. The minimum Gasteiger partial charge on any atom is -0.465 e. The van der Waals surface area contributed by atoms with Crippen LogP contribution in [0.1, 0.15) is 21.0 Å². The number of hydrogen-bond acceptors (Lipinski definition) is 5. The van der Waals surface area contributed by atoms with E-state index < -0.39 is 17.9 Å². The van der Waals surface area contributed by atoms with Gasteiger partial charge in [-0.2, -0.15) is 13.2 Å². The monoisotopic (exact) mass is 291 g/mol. The molecule has 0 bridgehead atoms. The smallest absolute Gasteiger partial charge is 0.452 e. The second-order valence-corrected chi connectivity index (χ2v) is 4.72. The van der Waals surface area contributed by atoms with Crippen molar-refractivity contribution in [2.45, 2.75) is 13.1 Å². The summed E-state index contributed by atoms with van der Waals surface area (Å²) in [7, 11) is 1.23. The van der Waals surface area contributed by atoms with Gasteiger partial charge in [0.2, 0.25) is 5.76 Å². The van der Waals surface area contributed by atoms with Crippen molar-refractivity contribution in [2.24, 2.45) is 0 Å². The summed E-state index contributed by atoms with van der Waals surface area (Å²) in [4.78, 5) is 12.0. The molecule has 2 heterocycles. The fraction of sp³-hybridized carbons (Fsp3) is 0.273. The van der Waals surface area contributed by atoms with E-state index in [2.05, 4.69) is 14.4 Å². The highest BCUT2D eigenvalue weighted by molar-refractivity contribution is 7.17. The van der Waals surface area contributed by atoms with Crippen LogP contribution in [-0.4, -0.2) is 18.2 Å². The van der Waals surface area contributed by atoms with Crippen molar-refractivity contribution in [3.8, 4) is 10.6 Å². The number of esters is 1. The molecule has 102 valence electrons. The zero-order valence-corrected chi connectivity index (χ0v) is 10.7. The van der Waals surface area contributed by atoms with Gasteiger partial charge in [-0.3, -0.25) is 0 Å². The zero-order valence-electron chi connectivity index (χ0n) is 9.87. The van der Waals surface area contributed by atoms with E-state index in [0.29, 0.717) is 4.88 Å². The van der Waals surface area contributed by atoms with E-state index in [9.17, 15) is 18.0 Å². The standard InChI is InChI=1S/C11H8F3NO3S/c1-5-8(15-18-9(5)11(12,13)14)6-3-4-7(19-6)10(16)17-2/h3-4H,1-2H3. The maximum atomic E-state index is 12.6. The SMILES string of the molecule is COC(=O)c1ccc(-c2noc(C(F)(F)F)c2C)s1. The molecule has 0 aromatic carbocycles. The molecule has 19 heavy (non-hydrogen) atoms. The van der Waals surface area contributed by atoms with Crippen LogP contribution in [0.25, 0.3) is 10.6 Å². The van der Waals surface area contributed by atoms with E-state index in [1.165, 1.54) is 26.2 Å². The van der Waals surface area contributed by atoms with Crippen LogP contribution in [0.2, 0.25) is 0 Å². The number of hydrogen-bond donors (Lipinski definition) is 0. The Hall–Kier alpha value is -1.83. The molecule has 2 rings (SSSR count). The van der Waals surface area contributed by atoms with E-state index in [-0.39, 0.29) is 16.1 Å². The van der Waals surface area contributed by atoms with Gasteiger partial charge >= 0.3 is 12.1 Å². The van der Waals surface area contributed by atoms with Gasteiger partial charge in [0.05, 0.1) is 12.0 Å². The number of aromatic nitrogens is 1. The number of methoxy groups -OCH3 is 1. The highest BCUT2D eigenvalue weighted by Crippen LogP contribution is 2.38. The van der Waals surface area contributed by atoms with Crippen LogP contribution < -0.4 is 0 Å². The van der Waals surface area contributed by atoms with Gasteiger partial charge in [-0.1, -0.05) is 5.16 Å². The molecular formula is C11H8F3NO3S. The fourth-order valence-corrected chi connectivity index (χ4v) is 2.47.